The summed E-state index contributed by atoms with van der Waals surface area (Å²) in [5.74, 6) is -0.599. The summed E-state index contributed by atoms with van der Waals surface area (Å²) in [5.41, 5.74) is 3.14. The zero-order valence-corrected chi connectivity index (χ0v) is 17.9. The van der Waals surface area contributed by atoms with Gasteiger partial charge in [-0.3, -0.25) is 0 Å². The van der Waals surface area contributed by atoms with Crippen molar-refractivity contribution in [3.63, 3.8) is 0 Å². The summed E-state index contributed by atoms with van der Waals surface area (Å²) < 4.78 is 39.0. The number of fused-ring (bicyclic) bond motifs is 1. The molecule has 2 aliphatic rings. The highest BCUT2D eigenvalue weighted by atomic mass is 32.2. The normalized spacial score (nSPS) is 22.1. The van der Waals surface area contributed by atoms with Gasteiger partial charge in [0.2, 0.25) is 10.0 Å². The van der Waals surface area contributed by atoms with E-state index in [1.165, 1.54) is 4.31 Å². The van der Waals surface area contributed by atoms with Gasteiger partial charge in [0.15, 0.2) is 0 Å². The third-order valence-corrected chi connectivity index (χ3v) is 7.58. The molecule has 2 aliphatic heterocycles. The summed E-state index contributed by atoms with van der Waals surface area (Å²) in [6.45, 7) is 4.62. The molecule has 0 N–H and O–H groups in total. The van der Waals surface area contributed by atoms with Crippen LogP contribution in [0.2, 0.25) is 0 Å². The van der Waals surface area contributed by atoms with Gasteiger partial charge in [0.25, 0.3) is 0 Å². The zero-order chi connectivity index (χ0) is 21.3. The predicted octanol–water partition coefficient (Wildman–Crippen LogP) is 3.07. The van der Waals surface area contributed by atoms with Crippen molar-refractivity contribution in [1.82, 2.24) is 4.31 Å². The lowest BCUT2D eigenvalue weighted by atomic mass is 9.91. The fourth-order valence-corrected chi connectivity index (χ4v) is 5.36. The second-order valence-corrected chi connectivity index (χ2v) is 9.74. The third kappa shape index (κ3) is 4.05. The van der Waals surface area contributed by atoms with Crippen molar-refractivity contribution in [2.24, 2.45) is 5.92 Å². The number of esters is 1. The van der Waals surface area contributed by atoms with Crippen molar-refractivity contribution in [2.45, 2.75) is 31.5 Å². The highest BCUT2D eigenvalue weighted by Gasteiger charge is 2.43. The second-order valence-electron chi connectivity index (χ2n) is 7.80. The van der Waals surface area contributed by atoms with Gasteiger partial charge in [-0.15, -0.1) is 0 Å². The number of rotatable bonds is 5. The van der Waals surface area contributed by atoms with Gasteiger partial charge >= 0.3 is 5.97 Å². The maximum atomic E-state index is 13.1. The molecular formula is C23H25NO5S. The van der Waals surface area contributed by atoms with Crippen LogP contribution in [0, 0.1) is 12.8 Å². The number of hydrogen-bond acceptors (Lipinski definition) is 5. The SMILES string of the molecule is Cc1ccc(S(=O)(=O)N2CC3=C(C(=O)OCc4ccccc4)CO[C@H](C)[C@@H]3C2)cc1. The summed E-state index contributed by atoms with van der Waals surface area (Å²) in [6.07, 6.45) is -0.163. The lowest BCUT2D eigenvalue weighted by Gasteiger charge is -2.28. The summed E-state index contributed by atoms with van der Waals surface area (Å²) in [6, 6.07) is 16.3. The average molecular weight is 428 g/mol. The Hall–Kier alpha value is -2.48. The van der Waals surface area contributed by atoms with Crippen LogP contribution in [-0.2, 0) is 30.9 Å². The Bertz CT molecular complexity index is 1060. The highest BCUT2D eigenvalue weighted by molar-refractivity contribution is 7.89. The van der Waals surface area contributed by atoms with Crippen LogP contribution in [-0.4, -0.2) is 44.5 Å². The molecule has 0 amide bonds. The van der Waals surface area contributed by atoms with Crippen LogP contribution < -0.4 is 0 Å². The van der Waals surface area contributed by atoms with E-state index in [1.807, 2.05) is 44.2 Å². The van der Waals surface area contributed by atoms with Gasteiger partial charge in [-0.05, 0) is 37.1 Å². The van der Waals surface area contributed by atoms with E-state index >= 15 is 0 Å². The van der Waals surface area contributed by atoms with Crippen molar-refractivity contribution in [1.29, 1.82) is 0 Å². The van der Waals surface area contributed by atoms with Crippen LogP contribution in [0.5, 0.6) is 0 Å². The molecule has 4 rings (SSSR count). The molecule has 0 aliphatic carbocycles. The van der Waals surface area contributed by atoms with Crippen molar-refractivity contribution in [2.75, 3.05) is 19.7 Å². The first-order valence-electron chi connectivity index (χ1n) is 9.97. The first-order valence-corrected chi connectivity index (χ1v) is 11.4. The van der Waals surface area contributed by atoms with Crippen LogP contribution in [0.1, 0.15) is 18.1 Å². The van der Waals surface area contributed by atoms with Crippen molar-refractivity contribution >= 4 is 16.0 Å². The zero-order valence-electron chi connectivity index (χ0n) is 17.1. The Labute approximate surface area is 177 Å². The van der Waals surface area contributed by atoms with Crippen molar-refractivity contribution < 1.29 is 22.7 Å². The van der Waals surface area contributed by atoms with E-state index in [-0.39, 0.29) is 36.7 Å². The number of hydrogen-bond donors (Lipinski definition) is 0. The summed E-state index contributed by atoms with van der Waals surface area (Å²) >= 11 is 0. The van der Waals surface area contributed by atoms with Gasteiger partial charge in [0.1, 0.15) is 6.61 Å². The number of benzene rings is 2. The number of ether oxygens (including phenoxy) is 2. The molecule has 2 atom stereocenters. The van der Waals surface area contributed by atoms with Crippen molar-refractivity contribution in [3.05, 3.63) is 76.9 Å². The molecule has 1 fully saturated rings. The fraction of sp³-hybridized carbons (Fsp3) is 0.348. The van der Waals surface area contributed by atoms with E-state index in [2.05, 4.69) is 0 Å². The van der Waals surface area contributed by atoms with E-state index in [4.69, 9.17) is 9.47 Å². The minimum Gasteiger partial charge on any atom is -0.457 e. The first kappa shape index (κ1) is 20.8. The number of sulfonamides is 1. The van der Waals surface area contributed by atoms with E-state index in [0.29, 0.717) is 12.1 Å². The number of carbonyl (C=O) groups is 1. The lowest BCUT2D eigenvalue weighted by Crippen LogP contribution is -2.33. The Balaban J connectivity index is 1.56. The van der Waals surface area contributed by atoms with Crippen LogP contribution in [0.25, 0.3) is 0 Å². The van der Waals surface area contributed by atoms with Gasteiger partial charge < -0.3 is 9.47 Å². The molecule has 0 unspecified atom stereocenters. The van der Waals surface area contributed by atoms with E-state index in [1.54, 1.807) is 24.3 Å². The molecule has 7 heteroatoms. The van der Waals surface area contributed by atoms with Crippen LogP contribution >= 0.6 is 0 Å². The molecule has 2 heterocycles. The van der Waals surface area contributed by atoms with Gasteiger partial charge in [-0.2, -0.15) is 4.31 Å². The number of aryl methyl sites for hydroxylation is 1. The maximum Gasteiger partial charge on any atom is 0.336 e. The highest BCUT2D eigenvalue weighted by Crippen LogP contribution is 2.36. The Morgan fingerprint density at radius 1 is 1.13 bits per heavy atom. The molecule has 0 spiro atoms. The largest absolute Gasteiger partial charge is 0.457 e. The molecule has 0 aromatic heterocycles. The Morgan fingerprint density at radius 3 is 2.53 bits per heavy atom. The average Bonchev–Trinajstić information content (AvgIpc) is 3.21. The van der Waals surface area contributed by atoms with Gasteiger partial charge in [0, 0.05) is 19.0 Å². The quantitative estimate of drug-likeness (QED) is 0.686. The van der Waals surface area contributed by atoms with Crippen LogP contribution in [0.15, 0.2) is 70.6 Å². The third-order valence-electron chi connectivity index (χ3n) is 5.76. The topological polar surface area (TPSA) is 72.9 Å². The van der Waals surface area contributed by atoms with E-state index in [9.17, 15) is 13.2 Å². The molecule has 0 saturated carbocycles. The van der Waals surface area contributed by atoms with E-state index < -0.39 is 16.0 Å². The monoisotopic (exact) mass is 427 g/mol. The minimum atomic E-state index is -3.65. The molecule has 2 aromatic carbocycles. The molecule has 158 valence electrons. The molecule has 2 aromatic rings. The van der Waals surface area contributed by atoms with E-state index in [0.717, 1.165) is 16.7 Å². The standard InChI is InChI=1S/C23H25NO5S/c1-16-8-10-19(11-9-16)30(26,27)24-12-20-17(2)28-15-22(21(20)13-24)23(25)29-14-18-6-4-3-5-7-18/h3-11,17,20H,12-15H2,1-2H3/t17-,20+/m1/s1. The van der Waals surface area contributed by atoms with Crippen LogP contribution in [0.4, 0.5) is 0 Å². The Morgan fingerprint density at radius 2 is 1.83 bits per heavy atom. The first-order chi connectivity index (χ1) is 14.4. The lowest BCUT2D eigenvalue weighted by molar-refractivity contribution is -0.141. The molecule has 0 bridgehead atoms. The van der Waals surface area contributed by atoms with Crippen molar-refractivity contribution in [3.8, 4) is 0 Å². The van der Waals surface area contributed by atoms with Gasteiger partial charge in [0.05, 0.1) is 23.2 Å². The minimum absolute atomic E-state index is 0.138. The Kier molecular flexibility index (Phi) is 5.77. The second kappa shape index (κ2) is 8.34. The maximum absolute atomic E-state index is 13.1. The fourth-order valence-electron chi connectivity index (χ4n) is 3.92. The van der Waals surface area contributed by atoms with Crippen LogP contribution in [0.3, 0.4) is 0 Å². The van der Waals surface area contributed by atoms with Gasteiger partial charge in [-0.25, -0.2) is 13.2 Å². The van der Waals surface area contributed by atoms with Gasteiger partial charge in [-0.1, -0.05) is 48.0 Å². The molecule has 6 nitrogen and oxygen atoms in total. The summed E-state index contributed by atoms with van der Waals surface area (Å²) in [4.78, 5) is 13.0. The molecule has 30 heavy (non-hydrogen) atoms. The summed E-state index contributed by atoms with van der Waals surface area (Å²) in [7, 11) is -3.65. The molecule has 0 radical (unpaired) electrons. The number of nitrogens with zero attached hydrogens (tertiary/aromatic N) is 1. The molecular weight excluding hydrogens is 402 g/mol. The number of carbonyl (C=O) groups excluding carboxylic acids is 1. The predicted molar refractivity (Wildman–Crippen MR) is 112 cm³/mol. The summed E-state index contributed by atoms with van der Waals surface area (Å²) in [5, 5.41) is 0. The molecule has 1 saturated heterocycles. The smallest absolute Gasteiger partial charge is 0.336 e.